The van der Waals surface area contributed by atoms with Crippen LogP contribution < -0.4 is 0 Å². The molecule has 0 aromatic heterocycles. The molecule has 0 bridgehead atoms. The molecule has 0 fully saturated rings. The molecule has 2 heteroatoms. The summed E-state index contributed by atoms with van der Waals surface area (Å²) in [4.78, 5) is 0. The molecule has 0 saturated heterocycles. The molecule has 0 aliphatic heterocycles. The highest BCUT2D eigenvalue weighted by atomic mass is 16.3. The van der Waals surface area contributed by atoms with Crippen LogP contribution in [0.2, 0.25) is 0 Å². The van der Waals surface area contributed by atoms with Gasteiger partial charge in [0.1, 0.15) is 0 Å². The molecule has 0 heterocycles. The normalized spacial score (nSPS) is 18.9. The van der Waals surface area contributed by atoms with Crippen molar-refractivity contribution in [3.63, 3.8) is 0 Å². The Labute approximate surface area is 68.6 Å². The van der Waals surface area contributed by atoms with Gasteiger partial charge in [-0.2, -0.15) is 0 Å². The first-order valence-corrected chi connectivity index (χ1v) is 4.06. The molecule has 11 heavy (non-hydrogen) atoms. The molecule has 0 radical (unpaired) electrons. The van der Waals surface area contributed by atoms with Crippen LogP contribution in [0.3, 0.4) is 0 Å². The van der Waals surface area contributed by atoms with E-state index in [0.29, 0.717) is 6.42 Å². The topological polar surface area (TPSA) is 40.5 Å². The summed E-state index contributed by atoms with van der Waals surface area (Å²) in [6.07, 6.45) is 2.35. The minimum Gasteiger partial charge on any atom is -0.393 e. The van der Waals surface area contributed by atoms with Gasteiger partial charge < -0.3 is 10.2 Å². The summed E-state index contributed by atoms with van der Waals surface area (Å²) in [5, 5.41) is 18.2. The Morgan fingerprint density at radius 1 is 1.27 bits per heavy atom. The van der Waals surface area contributed by atoms with Gasteiger partial charge in [0.2, 0.25) is 0 Å². The summed E-state index contributed by atoms with van der Waals surface area (Å²) in [5.41, 5.74) is 0. The van der Waals surface area contributed by atoms with Crippen LogP contribution in [-0.4, -0.2) is 22.4 Å². The third-order valence-corrected chi connectivity index (χ3v) is 2.01. The highest BCUT2D eigenvalue weighted by molar-refractivity contribution is 4.78. The Bertz CT molecular complexity index is 110. The van der Waals surface area contributed by atoms with Crippen LogP contribution in [0.1, 0.15) is 26.7 Å². The summed E-state index contributed by atoms with van der Waals surface area (Å²) < 4.78 is 0. The first kappa shape index (κ1) is 10.7. The van der Waals surface area contributed by atoms with Crippen LogP contribution >= 0.6 is 0 Å². The van der Waals surface area contributed by atoms with E-state index in [1.54, 1.807) is 6.92 Å². The first-order chi connectivity index (χ1) is 5.07. The van der Waals surface area contributed by atoms with Gasteiger partial charge in [0.25, 0.3) is 0 Å². The maximum atomic E-state index is 9.10. The van der Waals surface area contributed by atoms with Gasteiger partial charge in [-0.15, -0.1) is 6.58 Å². The maximum absolute atomic E-state index is 9.10. The van der Waals surface area contributed by atoms with E-state index in [9.17, 15) is 0 Å². The number of hydrogen-bond donors (Lipinski definition) is 2. The molecule has 2 nitrogen and oxygen atoms in total. The maximum Gasteiger partial charge on any atom is 0.0718 e. The fourth-order valence-corrected chi connectivity index (χ4v) is 0.793. The molecule has 0 spiro atoms. The van der Waals surface area contributed by atoms with Gasteiger partial charge in [0, 0.05) is 0 Å². The number of aliphatic hydroxyl groups is 2. The van der Waals surface area contributed by atoms with E-state index in [-0.39, 0.29) is 12.0 Å². The van der Waals surface area contributed by atoms with E-state index in [2.05, 4.69) is 6.58 Å². The standard InChI is InChI=1S/C9H18O2/c1-4-9(11)6-5-7(2)8(3)10/h4,7-11H,1,5-6H2,2-3H3/t7-,8+,9?/m1/s1. The lowest BCUT2D eigenvalue weighted by molar-refractivity contribution is 0.117. The Hall–Kier alpha value is -0.340. The molecular formula is C9H18O2. The summed E-state index contributed by atoms with van der Waals surface area (Å²) in [7, 11) is 0. The molecule has 1 unspecified atom stereocenters. The number of aliphatic hydroxyl groups excluding tert-OH is 2. The summed E-state index contributed by atoms with van der Waals surface area (Å²) in [5.74, 6) is 0.254. The predicted octanol–water partition coefficient (Wildman–Crippen LogP) is 1.33. The lowest BCUT2D eigenvalue weighted by Gasteiger charge is -2.14. The quantitative estimate of drug-likeness (QED) is 0.593. The van der Waals surface area contributed by atoms with Crippen molar-refractivity contribution in [1.82, 2.24) is 0 Å². The minimum atomic E-state index is -0.420. The minimum absolute atomic E-state index is 0.254. The van der Waals surface area contributed by atoms with E-state index in [1.165, 1.54) is 6.08 Å². The van der Waals surface area contributed by atoms with Gasteiger partial charge >= 0.3 is 0 Å². The van der Waals surface area contributed by atoms with Crippen LogP contribution in [0.4, 0.5) is 0 Å². The van der Waals surface area contributed by atoms with Gasteiger partial charge in [0.15, 0.2) is 0 Å². The van der Waals surface area contributed by atoms with Gasteiger partial charge in [-0.25, -0.2) is 0 Å². The Morgan fingerprint density at radius 2 is 1.82 bits per heavy atom. The molecular weight excluding hydrogens is 140 g/mol. The molecule has 2 N–H and O–H groups in total. The smallest absolute Gasteiger partial charge is 0.0718 e. The van der Waals surface area contributed by atoms with Crippen molar-refractivity contribution in [2.24, 2.45) is 5.92 Å². The Kier molecular flexibility index (Phi) is 5.16. The molecule has 0 rings (SSSR count). The van der Waals surface area contributed by atoms with E-state index in [4.69, 9.17) is 10.2 Å². The zero-order valence-electron chi connectivity index (χ0n) is 7.33. The van der Waals surface area contributed by atoms with Crippen LogP contribution in [0.25, 0.3) is 0 Å². The van der Waals surface area contributed by atoms with Crippen molar-refractivity contribution in [2.45, 2.75) is 38.9 Å². The van der Waals surface area contributed by atoms with Crippen molar-refractivity contribution in [2.75, 3.05) is 0 Å². The van der Waals surface area contributed by atoms with Crippen LogP contribution in [-0.2, 0) is 0 Å². The fourth-order valence-electron chi connectivity index (χ4n) is 0.793. The van der Waals surface area contributed by atoms with Gasteiger partial charge in [-0.1, -0.05) is 13.0 Å². The van der Waals surface area contributed by atoms with Crippen molar-refractivity contribution in [1.29, 1.82) is 0 Å². The van der Waals surface area contributed by atoms with Crippen molar-refractivity contribution < 1.29 is 10.2 Å². The summed E-state index contributed by atoms with van der Waals surface area (Å²) in [6, 6.07) is 0. The van der Waals surface area contributed by atoms with Gasteiger partial charge in [-0.3, -0.25) is 0 Å². The Morgan fingerprint density at radius 3 is 2.18 bits per heavy atom. The molecule has 0 amide bonds. The molecule has 0 aliphatic rings. The fraction of sp³-hybridized carbons (Fsp3) is 0.778. The average molecular weight is 158 g/mol. The average Bonchev–Trinajstić information content (AvgIpc) is 1.99. The molecule has 3 atom stereocenters. The second-order valence-electron chi connectivity index (χ2n) is 3.10. The SMILES string of the molecule is C=CC(O)CC[C@@H](C)[C@H](C)O. The van der Waals surface area contributed by atoms with E-state index in [1.807, 2.05) is 6.92 Å². The zero-order chi connectivity index (χ0) is 8.85. The second kappa shape index (κ2) is 5.33. The zero-order valence-corrected chi connectivity index (χ0v) is 7.33. The summed E-state index contributed by atoms with van der Waals surface area (Å²) in [6.45, 7) is 7.21. The highest BCUT2D eigenvalue weighted by Crippen LogP contribution is 2.12. The molecule has 0 aromatic carbocycles. The van der Waals surface area contributed by atoms with Gasteiger partial charge in [0.05, 0.1) is 12.2 Å². The second-order valence-corrected chi connectivity index (χ2v) is 3.10. The van der Waals surface area contributed by atoms with Crippen LogP contribution in [0.5, 0.6) is 0 Å². The van der Waals surface area contributed by atoms with Crippen LogP contribution in [0.15, 0.2) is 12.7 Å². The number of rotatable bonds is 5. The van der Waals surface area contributed by atoms with E-state index >= 15 is 0 Å². The molecule has 0 saturated carbocycles. The molecule has 0 aliphatic carbocycles. The summed E-state index contributed by atoms with van der Waals surface area (Å²) >= 11 is 0. The van der Waals surface area contributed by atoms with Crippen molar-refractivity contribution >= 4 is 0 Å². The monoisotopic (exact) mass is 158 g/mol. The first-order valence-electron chi connectivity index (χ1n) is 4.06. The lowest BCUT2D eigenvalue weighted by atomic mass is 9.98. The van der Waals surface area contributed by atoms with E-state index < -0.39 is 6.10 Å². The number of hydrogen-bond acceptors (Lipinski definition) is 2. The molecule has 0 aromatic rings. The third kappa shape index (κ3) is 4.99. The van der Waals surface area contributed by atoms with Crippen molar-refractivity contribution in [3.05, 3.63) is 12.7 Å². The third-order valence-electron chi connectivity index (χ3n) is 2.01. The van der Waals surface area contributed by atoms with Gasteiger partial charge in [-0.05, 0) is 25.7 Å². The van der Waals surface area contributed by atoms with E-state index in [0.717, 1.165) is 6.42 Å². The lowest BCUT2D eigenvalue weighted by Crippen LogP contribution is -2.15. The largest absolute Gasteiger partial charge is 0.393 e. The van der Waals surface area contributed by atoms with Crippen LogP contribution in [0, 0.1) is 5.92 Å². The Balaban J connectivity index is 3.45. The predicted molar refractivity (Wildman–Crippen MR) is 46.3 cm³/mol. The van der Waals surface area contributed by atoms with Crippen molar-refractivity contribution in [3.8, 4) is 0 Å². The highest BCUT2D eigenvalue weighted by Gasteiger charge is 2.09. The molecule has 66 valence electrons.